The van der Waals surface area contributed by atoms with Gasteiger partial charge in [0.15, 0.2) is 0 Å². The molecule has 31 heavy (non-hydrogen) atoms. The molecular formula is C25H32N4O2. The number of hydrogen-bond acceptors (Lipinski definition) is 4. The van der Waals surface area contributed by atoms with E-state index in [9.17, 15) is 9.59 Å². The van der Waals surface area contributed by atoms with Crippen LogP contribution < -0.4 is 10.2 Å². The fraction of sp³-hybridized carbons (Fsp3) is 0.440. The first-order valence-electron chi connectivity index (χ1n) is 11.3. The Hall–Kier alpha value is -2.70. The lowest BCUT2D eigenvalue weighted by Crippen LogP contribution is -2.47. The molecule has 0 bridgehead atoms. The molecule has 2 aromatic rings. The Bertz CT molecular complexity index is 876. The van der Waals surface area contributed by atoms with Crippen molar-refractivity contribution in [2.75, 3.05) is 51.2 Å². The van der Waals surface area contributed by atoms with E-state index in [4.69, 9.17) is 0 Å². The summed E-state index contributed by atoms with van der Waals surface area (Å²) >= 11 is 0. The summed E-state index contributed by atoms with van der Waals surface area (Å²) in [5.74, 6) is 0.0827. The number of hydrogen-bond donors (Lipinski definition) is 1. The Balaban J connectivity index is 1.44. The number of piperidine rings is 1. The molecule has 6 heteroatoms. The van der Waals surface area contributed by atoms with Crippen LogP contribution in [0.25, 0.3) is 0 Å². The SMILES string of the molecule is CN1CCN(CC(NC(=O)c2ccc(N3CCCCC3=O)cc2)c2ccccc2)CC1. The monoisotopic (exact) mass is 420 g/mol. The average Bonchev–Trinajstić information content (AvgIpc) is 2.81. The van der Waals surface area contributed by atoms with E-state index in [1.54, 1.807) is 0 Å². The number of likely N-dealkylation sites (N-methyl/N-ethyl adjacent to an activating group) is 1. The molecule has 2 aliphatic rings. The van der Waals surface area contributed by atoms with Crippen molar-refractivity contribution < 1.29 is 9.59 Å². The summed E-state index contributed by atoms with van der Waals surface area (Å²) in [4.78, 5) is 31.8. The lowest BCUT2D eigenvalue weighted by atomic mass is 10.0. The van der Waals surface area contributed by atoms with Gasteiger partial charge in [-0.3, -0.25) is 14.5 Å². The van der Waals surface area contributed by atoms with Crippen LogP contribution in [0.15, 0.2) is 54.6 Å². The molecule has 0 radical (unpaired) electrons. The van der Waals surface area contributed by atoms with Gasteiger partial charge in [-0.1, -0.05) is 30.3 Å². The summed E-state index contributed by atoms with van der Waals surface area (Å²) in [6.07, 6.45) is 2.59. The Morgan fingerprint density at radius 3 is 2.32 bits per heavy atom. The maximum absolute atomic E-state index is 13.1. The maximum Gasteiger partial charge on any atom is 0.251 e. The fourth-order valence-electron chi connectivity index (χ4n) is 4.32. The molecular weight excluding hydrogens is 388 g/mol. The Morgan fingerprint density at radius 2 is 1.65 bits per heavy atom. The van der Waals surface area contributed by atoms with Crippen LogP contribution in [-0.2, 0) is 4.79 Å². The quantitative estimate of drug-likeness (QED) is 0.781. The standard InChI is InChI=1S/C25H32N4O2/c1-27-15-17-28(18-16-27)19-23(20-7-3-2-4-8-20)26-25(31)21-10-12-22(13-11-21)29-14-6-5-9-24(29)30/h2-4,7-8,10-13,23H,5-6,9,14-19H2,1H3,(H,26,31). The van der Waals surface area contributed by atoms with Crippen LogP contribution in [0.5, 0.6) is 0 Å². The Morgan fingerprint density at radius 1 is 0.935 bits per heavy atom. The third-order valence-electron chi connectivity index (χ3n) is 6.31. The second-order valence-electron chi connectivity index (χ2n) is 8.59. The van der Waals surface area contributed by atoms with Crippen LogP contribution in [0.1, 0.15) is 41.2 Å². The van der Waals surface area contributed by atoms with Crippen LogP contribution in [0, 0.1) is 0 Å². The van der Waals surface area contributed by atoms with Crippen molar-refractivity contribution in [1.29, 1.82) is 0 Å². The lowest BCUT2D eigenvalue weighted by molar-refractivity contribution is -0.119. The number of nitrogens with zero attached hydrogens (tertiary/aromatic N) is 3. The van der Waals surface area contributed by atoms with Gasteiger partial charge in [-0.15, -0.1) is 0 Å². The number of amides is 2. The second kappa shape index (κ2) is 10.1. The predicted octanol–water partition coefficient (Wildman–Crippen LogP) is 2.92. The number of anilines is 1. The highest BCUT2D eigenvalue weighted by molar-refractivity contribution is 5.97. The smallest absolute Gasteiger partial charge is 0.251 e. The number of carbonyl (C=O) groups excluding carboxylic acids is 2. The van der Waals surface area contributed by atoms with Crippen molar-refractivity contribution in [3.63, 3.8) is 0 Å². The van der Waals surface area contributed by atoms with Crippen molar-refractivity contribution >= 4 is 17.5 Å². The van der Waals surface area contributed by atoms with E-state index in [0.29, 0.717) is 12.0 Å². The second-order valence-corrected chi connectivity index (χ2v) is 8.59. The van der Waals surface area contributed by atoms with Crippen molar-refractivity contribution in [3.05, 3.63) is 65.7 Å². The van der Waals surface area contributed by atoms with E-state index >= 15 is 0 Å². The van der Waals surface area contributed by atoms with E-state index in [-0.39, 0.29) is 17.9 Å². The fourth-order valence-corrected chi connectivity index (χ4v) is 4.32. The molecule has 2 fully saturated rings. The molecule has 164 valence electrons. The number of nitrogens with one attached hydrogen (secondary N) is 1. The van der Waals surface area contributed by atoms with Gasteiger partial charge in [0.25, 0.3) is 5.91 Å². The Labute approximate surface area is 184 Å². The molecule has 1 unspecified atom stereocenters. The van der Waals surface area contributed by atoms with Gasteiger partial charge in [-0.2, -0.15) is 0 Å². The van der Waals surface area contributed by atoms with Crippen molar-refractivity contribution in [1.82, 2.24) is 15.1 Å². The lowest BCUT2D eigenvalue weighted by Gasteiger charge is -2.35. The topological polar surface area (TPSA) is 55.9 Å². The molecule has 2 aromatic carbocycles. The van der Waals surface area contributed by atoms with Crippen LogP contribution in [-0.4, -0.2) is 67.9 Å². The van der Waals surface area contributed by atoms with Gasteiger partial charge in [0, 0.05) is 56.9 Å². The first kappa shape index (κ1) is 21.5. The van der Waals surface area contributed by atoms with Gasteiger partial charge < -0.3 is 15.1 Å². The van der Waals surface area contributed by atoms with Gasteiger partial charge in [0.05, 0.1) is 6.04 Å². The highest BCUT2D eigenvalue weighted by Gasteiger charge is 2.23. The summed E-state index contributed by atoms with van der Waals surface area (Å²) in [6.45, 7) is 5.66. The molecule has 0 aliphatic carbocycles. The predicted molar refractivity (Wildman–Crippen MR) is 123 cm³/mol. The van der Waals surface area contributed by atoms with Crippen molar-refractivity contribution in [2.45, 2.75) is 25.3 Å². The average molecular weight is 421 g/mol. The first-order valence-corrected chi connectivity index (χ1v) is 11.3. The van der Waals surface area contributed by atoms with Gasteiger partial charge in [-0.25, -0.2) is 0 Å². The largest absolute Gasteiger partial charge is 0.344 e. The van der Waals surface area contributed by atoms with Crippen LogP contribution in [0.2, 0.25) is 0 Å². The maximum atomic E-state index is 13.1. The molecule has 2 amide bonds. The minimum absolute atomic E-state index is 0.0690. The molecule has 6 nitrogen and oxygen atoms in total. The molecule has 1 atom stereocenters. The van der Waals surface area contributed by atoms with Crippen molar-refractivity contribution in [3.8, 4) is 0 Å². The third kappa shape index (κ3) is 5.51. The van der Waals surface area contributed by atoms with E-state index < -0.39 is 0 Å². The van der Waals surface area contributed by atoms with Crippen LogP contribution >= 0.6 is 0 Å². The number of carbonyl (C=O) groups is 2. The molecule has 0 saturated carbocycles. The zero-order valence-corrected chi connectivity index (χ0v) is 18.3. The van der Waals surface area contributed by atoms with Crippen molar-refractivity contribution in [2.24, 2.45) is 0 Å². The van der Waals surface area contributed by atoms with Gasteiger partial charge >= 0.3 is 0 Å². The van der Waals surface area contributed by atoms with E-state index in [1.807, 2.05) is 47.4 Å². The molecule has 0 spiro atoms. The summed E-state index contributed by atoms with van der Waals surface area (Å²) in [5, 5.41) is 3.24. The third-order valence-corrected chi connectivity index (χ3v) is 6.31. The minimum atomic E-state index is -0.0838. The molecule has 1 N–H and O–H groups in total. The minimum Gasteiger partial charge on any atom is -0.344 e. The molecule has 0 aromatic heterocycles. The van der Waals surface area contributed by atoms with Gasteiger partial charge in [-0.05, 0) is 49.7 Å². The number of piperazine rings is 1. The zero-order chi connectivity index (χ0) is 21.6. The molecule has 4 rings (SSSR count). The Kier molecular flexibility index (Phi) is 6.99. The van der Waals surface area contributed by atoms with E-state index in [1.165, 1.54) is 0 Å². The number of rotatable bonds is 6. The van der Waals surface area contributed by atoms with Crippen LogP contribution in [0.4, 0.5) is 5.69 Å². The summed E-state index contributed by atoms with van der Waals surface area (Å²) < 4.78 is 0. The summed E-state index contributed by atoms with van der Waals surface area (Å²) in [6, 6.07) is 17.5. The normalized spacial score (nSPS) is 19.3. The van der Waals surface area contributed by atoms with Crippen LogP contribution in [0.3, 0.4) is 0 Å². The highest BCUT2D eigenvalue weighted by atomic mass is 16.2. The zero-order valence-electron chi connectivity index (χ0n) is 18.3. The molecule has 2 aliphatic heterocycles. The molecule has 2 heterocycles. The van der Waals surface area contributed by atoms with Gasteiger partial charge in [0.2, 0.25) is 5.91 Å². The number of benzene rings is 2. The summed E-state index contributed by atoms with van der Waals surface area (Å²) in [5.41, 5.74) is 2.61. The summed E-state index contributed by atoms with van der Waals surface area (Å²) in [7, 11) is 2.15. The molecule has 2 saturated heterocycles. The van der Waals surface area contributed by atoms with E-state index in [0.717, 1.165) is 63.4 Å². The highest BCUT2D eigenvalue weighted by Crippen LogP contribution is 2.22. The van der Waals surface area contributed by atoms with Gasteiger partial charge in [0.1, 0.15) is 0 Å². The van der Waals surface area contributed by atoms with E-state index in [2.05, 4.69) is 34.3 Å². The first-order chi connectivity index (χ1) is 15.1.